The van der Waals surface area contributed by atoms with Gasteiger partial charge >= 0.3 is 5.97 Å². The summed E-state index contributed by atoms with van der Waals surface area (Å²) >= 11 is 7.07. The lowest BCUT2D eigenvalue weighted by molar-refractivity contribution is -0.118. The Labute approximate surface area is 215 Å². The van der Waals surface area contributed by atoms with E-state index in [1.807, 2.05) is 19.1 Å². The molecule has 0 aliphatic heterocycles. The van der Waals surface area contributed by atoms with E-state index in [2.05, 4.69) is 10.3 Å². The molecule has 1 N–H and O–H groups in total. The first-order valence-corrected chi connectivity index (χ1v) is 12.3. The predicted molar refractivity (Wildman–Crippen MR) is 139 cm³/mol. The smallest absolute Gasteiger partial charge is 0.350 e. The van der Waals surface area contributed by atoms with Crippen LogP contribution in [0, 0.1) is 13.8 Å². The highest BCUT2D eigenvalue weighted by Crippen LogP contribution is 2.32. The van der Waals surface area contributed by atoms with E-state index in [0.29, 0.717) is 26.7 Å². The van der Waals surface area contributed by atoms with Gasteiger partial charge in [0.1, 0.15) is 10.5 Å². The number of thiazole rings is 1. The number of aromatic nitrogens is 1. The number of aryl methyl sites for hydroxylation is 2. The normalized spacial score (nSPS) is 11.1. The van der Waals surface area contributed by atoms with Crippen molar-refractivity contribution in [1.82, 2.24) is 4.98 Å². The van der Waals surface area contributed by atoms with Gasteiger partial charge in [-0.1, -0.05) is 52.8 Å². The molecule has 4 rings (SSSR count). The molecule has 0 saturated carbocycles. The number of esters is 1. The molecule has 0 atom stereocenters. The first-order chi connectivity index (χ1) is 17.1. The molecule has 2 aromatic heterocycles. The molecule has 10 heteroatoms. The predicted octanol–water partition coefficient (Wildman–Crippen LogP) is 5.77. The molecule has 0 radical (unpaired) electrons. The molecule has 0 spiro atoms. The molecule has 0 fully saturated rings. The van der Waals surface area contributed by atoms with Crippen molar-refractivity contribution in [3.63, 3.8) is 0 Å². The van der Waals surface area contributed by atoms with Crippen LogP contribution < -0.4 is 15.5 Å². The number of nitrogens with zero attached hydrogens (tertiary/aromatic N) is 1. The van der Waals surface area contributed by atoms with Gasteiger partial charge in [-0.3, -0.25) is 14.9 Å². The fraction of sp³-hybridized carbons (Fsp3) is 0.231. The number of benzene rings is 2. The van der Waals surface area contributed by atoms with Gasteiger partial charge in [0.25, 0.3) is 5.91 Å². The summed E-state index contributed by atoms with van der Waals surface area (Å²) in [5, 5.41) is 3.41. The monoisotopic (exact) mass is 526 g/mol. The van der Waals surface area contributed by atoms with Gasteiger partial charge in [-0.15, -0.1) is 0 Å². The zero-order chi connectivity index (χ0) is 26.0. The second kappa shape index (κ2) is 10.5. The van der Waals surface area contributed by atoms with E-state index >= 15 is 0 Å². The van der Waals surface area contributed by atoms with Crippen LogP contribution in [0.25, 0.3) is 22.3 Å². The van der Waals surface area contributed by atoms with Crippen molar-refractivity contribution in [1.29, 1.82) is 0 Å². The first-order valence-electron chi connectivity index (χ1n) is 11.1. The number of carbonyl (C=O) groups is 2. The fourth-order valence-electron chi connectivity index (χ4n) is 3.38. The molecule has 4 aromatic rings. The Morgan fingerprint density at radius 1 is 1.14 bits per heavy atom. The van der Waals surface area contributed by atoms with Crippen molar-refractivity contribution in [2.45, 2.75) is 33.8 Å². The maximum Gasteiger partial charge on any atom is 0.350 e. The molecule has 2 heterocycles. The van der Waals surface area contributed by atoms with Crippen molar-refractivity contribution in [2.24, 2.45) is 0 Å². The van der Waals surface area contributed by atoms with E-state index in [1.54, 1.807) is 45.0 Å². The summed E-state index contributed by atoms with van der Waals surface area (Å²) in [6, 6.07) is 12.1. The van der Waals surface area contributed by atoms with E-state index in [9.17, 15) is 14.4 Å². The molecular weight excluding hydrogens is 504 g/mol. The quantitative estimate of drug-likeness (QED) is 0.304. The third-order valence-corrected chi connectivity index (χ3v) is 6.33. The standard InChI is InChI=1S/C26H23ClN2O6S/c1-13(2)34-25(32)24-15(4)28-26(36-24)29-20(30)12-33-23-21(31)18-11-17(27)9-10-19(18)35-22(23)16-7-5-14(3)6-8-16/h5-11,13H,12H2,1-4H3,(H,28,29,30). The lowest BCUT2D eigenvalue weighted by atomic mass is 10.1. The van der Waals surface area contributed by atoms with Crippen molar-refractivity contribution >= 4 is 50.9 Å². The maximum absolute atomic E-state index is 13.3. The number of amides is 1. The van der Waals surface area contributed by atoms with Crippen LogP contribution in [0.1, 0.15) is 34.8 Å². The minimum Gasteiger partial charge on any atom is -0.476 e. The average molecular weight is 527 g/mol. The van der Waals surface area contributed by atoms with E-state index in [4.69, 9.17) is 25.5 Å². The van der Waals surface area contributed by atoms with Gasteiger partial charge in [0.2, 0.25) is 11.2 Å². The molecule has 36 heavy (non-hydrogen) atoms. The second-order valence-electron chi connectivity index (χ2n) is 8.32. The van der Waals surface area contributed by atoms with Gasteiger partial charge in [-0.2, -0.15) is 0 Å². The van der Waals surface area contributed by atoms with Gasteiger partial charge in [0, 0.05) is 10.6 Å². The van der Waals surface area contributed by atoms with Crippen LogP contribution in [0.3, 0.4) is 0 Å². The molecule has 2 aromatic carbocycles. The third-order valence-electron chi connectivity index (χ3n) is 5.04. The SMILES string of the molecule is Cc1ccc(-c2oc3ccc(Cl)cc3c(=O)c2OCC(=O)Nc2nc(C)c(C(=O)OC(C)C)s2)cc1. The Balaban J connectivity index is 1.59. The Morgan fingerprint density at radius 2 is 1.86 bits per heavy atom. The van der Waals surface area contributed by atoms with Crippen LogP contribution in [-0.4, -0.2) is 29.6 Å². The summed E-state index contributed by atoms with van der Waals surface area (Å²) in [6.07, 6.45) is -0.281. The molecule has 1 amide bonds. The minimum atomic E-state index is -0.562. The van der Waals surface area contributed by atoms with Gasteiger partial charge in [-0.05, 0) is 45.9 Å². The number of fused-ring (bicyclic) bond motifs is 1. The number of anilines is 1. The summed E-state index contributed by atoms with van der Waals surface area (Å²) in [5.41, 5.74) is 1.98. The lowest BCUT2D eigenvalue weighted by Crippen LogP contribution is -2.22. The van der Waals surface area contributed by atoms with E-state index < -0.39 is 23.9 Å². The highest BCUT2D eigenvalue weighted by atomic mass is 35.5. The van der Waals surface area contributed by atoms with E-state index in [0.717, 1.165) is 16.9 Å². The van der Waals surface area contributed by atoms with Crippen LogP contribution in [0.2, 0.25) is 5.02 Å². The van der Waals surface area contributed by atoms with Crippen LogP contribution in [0.15, 0.2) is 51.7 Å². The maximum atomic E-state index is 13.3. The second-order valence-corrected chi connectivity index (χ2v) is 9.76. The zero-order valence-corrected chi connectivity index (χ0v) is 21.6. The highest BCUT2D eigenvalue weighted by Gasteiger charge is 2.21. The summed E-state index contributed by atoms with van der Waals surface area (Å²) in [4.78, 5) is 42.6. The van der Waals surface area contributed by atoms with Gasteiger partial charge in [0.15, 0.2) is 17.5 Å². The molecule has 0 aliphatic rings. The molecule has 0 bridgehead atoms. The Kier molecular flexibility index (Phi) is 7.42. The fourth-order valence-corrected chi connectivity index (χ4v) is 4.41. The van der Waals surface area contributed by atoms with Crippen LogP contribution in [-0.2, 0) is 9.53 Å². The van der Waals surface area contributed by atoms with Crippen molar-refractivity contribution in [2.75, 3.05) is 11.9 Å². The Morgan fingerprint density at radius 3 is 2.56 bits per heavy atom. The molecule has 0 unspecified atom stereocenters. The number of halogens is 1. The van der Waals surface area contributed by atoms with Crippen LogP contribution >= 0.6 is 22.9 Å². The number of carbonyl (C=O) groups excluding carboxylic acids is 2. The molecular formula is C26H23ClN2O6S. The lowest BCUT2D eigenvalue weighted by Gasteiger charge is -2.12. The minimum absolute atomic E-state index is 0.111. The topological polar surface area (TPSA) is 108 Å². The van der Waals surface area contributed by atoms with Crippen LogP contribution in [0.5, 0.6) is 5.75 Å². The molecule has 0 saturated heterocycles. The largest absolute Gasteiger partial charge is 0.476 e. The summed E-state index contributed by atoms with van der Waals surface area (Å²) in [7, 11) is 0. The zero-order valence-electron chi connectivity index (χ0n) is 20.0. The number of rotatable bonds is 7. The first kappa shape index (κ1) is 25.4. The van der Waals surface area contributed by atoms with Crippen molar-refractivity contribution in [3.05, 3.63) is 73.8 Å². The summed E-state index contributed by atoms with van der Waals surface area (Å²) < 4.78 is 16.9. The number of hydrogen-bond acceptors (Lipinski definition) is 8. The molecule has 186 valence electrons. The Hall–Kier alpha value is -3.69. The number of ether oxygens (including phenoxy) is 2. The van der Waals surface area contributed by atoms with E-state index in [-0.39, 0.29) is 28.1 Å². The average Bonchev–Trinajstić information content (AvgIpc) is 3.18. The molecule has 0 aliphatic carbocycles. The van der Waals surface area contributed by atoms with Crippen LogP contribution in [0.4, 0.5) is 5.13 Å². The number of nitrogens with one attached hydrogen (secondary N) is 1. The summed E-state index contributed by atoms with van der Waals surface area (Å²) in [6.45, 7) is 6.60. The Bertz CT molecular complexity index is 1510. The number of hydrogen-bond donors (Lipinski definition) is 1. The van der Waals surface area contributed by atoms with Gasteiger partial charge < -0.3 is 13.9 Å². The molecule has 8 nitrogen and oxygen atoms in total. The third kappa shape index (κ3) is 5.58. The van der Waals surface area contributed by atoms with Crippen molar-refractivity contribution < 1.29 is 23.5 Å². The summed E-state index contributed by atoms with van der Waals surface area (Å²) in [5.74, 6) is -0.980. The van der Waals surface area contributed by atoms with Crippen molar-refractivity contribution in [3.8, 4) is 17.1 Å². The van der Waals surface area contributed by atoms with Gasteiger partial charge in [0.05, 0.1) is 17.2 Å². The highest BCUT2D eigenvalue weighted by molar-refractivity contribution is 7.17. The van der Waals surface area contributed by atoms with Gasteiger partial charge in [-0.25, -0.2) is 9.78 Å². The van der Waals surface area contributed by atoms with E-state index in [1.165, 1.54) is 6.07 Å².